The highest BCUT2D eigenvalue weighted by molar-refractivity contribution is 7.45. The van der Waals surface area contributed by atoms with Crippen molar-refractivity contribution in [1.29, 1.82) is 0 Å². The van der Waals surface area contributed by atoms with E-state index in [1.54, 1.807) is 6.08 Å². The Balaban J connectivity index is 3.73. The summed E-state index contributed by atoms with van der Waals surface area (Å²) in [5.74, 6) is -0.207. The number of nitrogens with one attached hydrogen (secondary N) is 1. The Labute approximate surface area is 441 Å². The predicted molar refractivity (Wildman–Crippen MR) is 307 cm³/mol. The molecule has 0 saturated heterocycles. The third kappa shape index (κ3) is 56.0. The van der Waals surface area contributed by atoms with E-state index >= 15 is 0 Å². The lowest BCUT2D eigenvalue weighted by molar-refractivity contribution is -0.870. The Bertz CT molecular complexity index is 1290. The highest BCUT2D eigenvalue weighted by Gasteiger charge is 2.23. The lowest BCUT2D eigenvalue weighted by Gasteiger charge is -2.29. The van der Waals surface area contributed by atoms with Crippen molar-refractivity contribution in [3.8, 4) is 0 Å². The number of aliphatic hydroxyl groups excluding tert-OH is 1. The van der Waals surface area contributed by atoms with Crippen LogP contribution in [0.15, 0.2) is 48.6 Å². The first-order chi connectivity index (χ1) is 34.5. The van der Waals surface area contributed by atoms with E-state index in [-0.39, 0.29) is 12.5 Å². The summed E-state index contributed by atoms with van der Waals surface area (Å²) in [6.45, 7) is 4.55. The van der Waals surface area contributed by atoms with Crippen LogP contribution in [-0.4, -0.2) is 68.5 Å². The summed E-state index contributed by atoms with van der Waals surface area (Å²) < 4.78 is 23.2. The monoisotopic (exact) mass is 1020 g/mol. The third-order valence-corrected chi connectivity index (χ3v) is 14.7. The Morgan fingerprint density at radius 3 is 1.27 bits per heavy atom. The molecule has 3 unspecified atom stereocenters. The number of phosphoric acid groups is 1. The van der Waals surface area contributed by atoms with Crippen LogP contribution in [0, 0.1) is 0 Å². The second-order valence-corrected chi connectivity index (χ2v) is 23.5. The predicted octanol–water partition coefficient (Wildman–Crippen LogP) is 18.1. The van der Waals surface area contributed by atoms with Crippen molar-refractivity contribution in [2.75, 3.05) is 40.9 Å². The summed E-state index contributed by atoms with van der Waals surface area (Å²) in [6.07, 6.45) is 71.3. The first kappa shape index (κ1) is 69.5. The van der Waals surface area contributed by atoms with Gasteiger partial charge in [-0.3, -0.25) is 9.36 Å². The molecule has 0 fully saturated rings. The van der Waals surface area contributed by atoms with Crippen LogP contribution < -0.4 is 10.2 Å². The molecule has 0 aromatic heterocycles. The topological polar surface area (TPSA) is 108 Å². The molecule has 3 atom stereocenters. The van der Waals surface area contributed by atoms with Crippen molar-refractivity contribution in [1.82, 2.24) is 5.32 Å². The molecule has 418 valence electrons. The molecule has 0 saturated carbocycles. The molecule has 0 aliphatic rings. The van der Waals surface area contributed by atoms with Crippen molar-refractivity contribution < 1.29 is 32.9 Å². The van der Waals surface area contributed by atoms with Crippen LogP contribution in [-0.2, 0) is 18.4 Å². The summed E-state index contributed by atoms with van der Waals surface area (Å²) >= 11 is 0. The maximum atomic E-state index is 12.9. The number of unbranched alkanes of at least 4 members (excludes halogenated alkanes) is 37. The molecule has 0 aromatic carbocycles. The lowest BCUT2D eigenvalue weighted by atomic mass is 10.0. The van der Waals surface area contributed by atoms with Crippen LogP contribution in [0.2, 0.25) is 0 Å². The second kappa shape index (κ2) is 53.3. The molecule has 71 heavy (non-hydrogen) atoms. The maximum Gasteiger partial charge on any atom is 0.268 e. The number of likely N-dealkylation sites (N-methyl/N-ethyl adjacent to an activating group) is 1. The zero-order valence-corrected chi connectivity index (χ0v) is 48.6. The number of hydrogen-bond acceptors (Lipinski definition) is 6. The molecule has 9 heteroatoms. The van der Waals surface area contributed by atoms with Gasteiger partial charge in [-0.15, -0.1) is 0 Å². The number of phosphoric ester groups is 1. The smallest absolute Gasteiger partial charge is 0.268 e. The fourth-order valence-corrected chi connectivity index (χ4v) is 9.68. The van der Waals surface area contributed by atoms with E-state index in [1.807, 2.05) is 27.2 Å². The van der Waals surface area contributed by atoms with Gasteiger partial charge in [0.2, 0.25) is 5.91 Å². The molecule has 0 spiro atoms. The van der Waals surface area contributed by atoms with E-state index in [0.29, 0.717) is 17.4 Å². The Morgan fingerprint density at radius 2 is 0.845 bits per heavy atom. The van der Waals surface area contributed by atoms with Gasteiger partial charge in [-0.05, 0) is 57.8 Å². The highest BCUT2D eigenvalue weighted by Crippen LogP contribution is 2.38. The van der Waals surface area contributed by atoms with Gasteiger partial charge in [-0.25, -0.2) is 0 Å². The van der Waals surface area contributed by atoms with Gasteiger partial charge in [0.25, 0.3) is 7.82 Å². The number of nitrogens with zero attached hydrogens (tertiary/aromatic N) is 1. The van der Waals surface area contributed by atoms with E-state index in [1.165, 1.54) is 225 Å². The van der Waals surface area contributed by atoms with Gasteiger partial charge in [0.1, 0.15) is 13.2 Å². The molecule has 2 N–H and O–H groups in total. The highest BCUT2D eigenvalue weighted by atomic mass is 31.2. The zero-order valence-electron chi connectivity index (χ0n) is 47.7. The molecule has 0 aliphatic heterocycles. The number of aliphatic hydroxyl groups is 1. The van der Waals surface area contributed by atoms with Gasteiger partial charge >= 0.3 is 0 Å². The van der Waals surface area contributed by atoms with Crippen LogP contribution in [0.1, 0.15) is 290 Å². The van der Waals surface area contributed by atoms with E-state index in [9.17, 15) is 19.4 Å². The molecule has 0 rings (SSSR count). The van der Waals surface area contributed by atoms with Crippen LogP contribution in [0.25, 0.3) is 0 Å². The minimum atomic E-state index is -4.59. The SMILES string of the molecule is CCCC/C=C/CC/C=C/C(O)C(COP(=O)([O-])OCC[N+](C)(C)C)NC(=O)CCCCCCCCCCCCCCCCCCCCCCCCCCCCCCC/C=C\C/C=C\CCCCCCC. The minimum absolute atomic E-state index is 0.00576. The number of amides is 1. The van der Waals surface area contributed by atoms with Gasteiger partial charge in [-0.2, -0.15) is 0 Å². The summed E-state index contributed by atoms with van der Waals surface area (Å²) in [5, 5.41) is 13.7. The van der Waals surface area contributed by atoms with E-state index in [2.05, 4.69) is 55.6 Å². The van der Waals surface area contributed by atoms with Crippen molar-refractivity contribution in [3.63, 3.8) is 0 Å². The number of quaternary nitrogens is 1. The van der Waals surface area contributed by atoms with Crippen molar-refractivity contribution in [2.24, 2.45) is 0 Å². The minimum Gasteiger partial charge on any atom is -0.756 e. The maximum absolute atomic E-state index is 12.9. The molecule has 0 heterocycles. The lowest BCUT2D eigenvalue weighted by Crippen LogP contribution is -2.45. The van der Waals surface area contributed by atoms with Crippen molar-refractivity contribution >= 4 is 13.7 Å². The molecule has 0 aliphatic carbocycles. The van der Waals surface area contributed by atoms with Gasteiger partial charge in [0.05, 0.1) is 39.9 Å². The van der Waals surface area contributed by atoms with Crippen LogP contribution in [0.3, 0.4) is 0 Å². The van der Waals surface area contributed by atoms with E-state index in [4.69, 9.17) is 9.05 Å². The van der Waals surface area contributed by atoms with Crippen LogP contribution in [0.5, 0.6) is 0 Å². The van der Waals surface area contributed by atoms with Gasteiger partial charge in [-0.1, -0.05) is 274 Å². The number of hydrogen-bond donors (Lipinski definition) is 2. The Morgan fingerprint density at radius 1 is 0.493 bits per heavy atom. The fourth-order valence-electron chi connectivity index (χ4n) is 8.95. The molecule has 0 bridgehead atoms. The van der Waals surface area contributed by atoms with E-state index in [0.717, 1.165) is 44.9 Å². The zero-order chi connectivity index (χ0) is 52.0. The average molecular weight is 1020 g/mol. The Kier molecular flexibility index (Phi) is 52.1. The molecular weight excluding hydrogens is 900 g/mol. The average Bonchev–Trinajstić information content (AvgIpc) is 3.33. The quantitative estimate of drug-likeness (QED) is 0.0272. The number of rotatable bonds is 56. The molecule has 0 radical (unpaired) electrons. The fraction of sp³-hybridized carbons (Fsp3) is 0.855. The van der Waals surface area contributed by atoms with Gasteiger partial charge in [0.15, 0.2) is 0 Å². The first-order valence-corrected chi connectivity index (χ1v) is 32.0. The van der Waals surface area contributed by atoms with Gasteiger partial charge in [0, 0.05) is 6.42 Å². The van der Waals surface area contributed by atoms with E-state index < -0.39 is 26.6 Å². The van der Waals surface area contributed by atoms with Gasteiger partial charge < -0.3 is 28.8 Å². The standard InChI is InChI=1S/C62H119N2O6P/c1-6-8-10-12-14-16-17-18-19-20-21-22-23-24-25-26-27-28-29-30-31-32-33-34-35-36-37-38-39-40-41-42-43-44-45-46-47-48-50-52-54-56-62(66)63-60(59-70-71(67,68)69-58-57-64(3,4)5)61(65)55-53-51-49-15-13-11-9-7-2/h13,15,17-18,20-21,53,55,60-61,65H,6-12,14,16,19,22-52,54,56-59H2,1-5H3,(H-,63,66,67,68)/b15-13+,18-17-,21-20-,55-53+. The first-order valence-electron chi connectivity index (χ1n) is 30.5. The number of carbonyl (C=O) groups excluding carboxylic acids is 1. The third-order valence-electron chi connectivity index (χ3n) is 13.8. The second-order valence-electron chi connectivity index (χ2n) is 22.0. The number of allylic oxidation sites excluding steroid dienone is 7. The number of carbonyl (C=O) groups is 1. The summed E-state index contributed by atoms with van der Waals surface area (Å²) in [7, 11) is 1.25. The molecule has 1 amide bonds. The molecule has 0 aromatic rings. The van der Waals surface area contributed by atoms with Crippen molar-refractivity contribution in [3.05, 3.63) is 48.6 Å². The summed E-state index contributed by atoms with van der Waals surface area (Å²) in [6, 6.07) is -0.899. The molecular formula is C62H119N2O6P. The van der Waals surface area contributed by atoms with Crippen molar-refractivity contribution in [2.45, 2.75) is 302 Å². The van der Waals surface area contributed by atoms with Crippen LogP contribution in [0.4, 0.5) is 0 Å². The summed E-state index contributed by atoms with van der Waals surface area (Å²) in [4.78, 5) is 25.3. The normalized spacial score (nSPS) is 14.2. The summed E-state index contributed by atoms with van der Waals surface area (Å²) in [5.41, 5.74) is 0. The molecule has 8 nitrogen and oxygen atoms in total. The largest absolute Gasteiger partial charge is 0.756 e. The Hall–Kier alpha value is -1.54. The van der Waals surface area contributed by atoms with Crippen LogP contribution >= 0.6 is 7.82 Å².